The molecule has 1 aliphatic rings. The van der Waals surface area contributed by atoms with E-state index in [0.29, 0.717) is 16.6 Å². The van der Waals surface area contributed by atoms with Crippen LogP contribution in [0.1, 0.15) is 37.0 Å². The molecule has 0 saturated heterocycles. The van der Waals surface area contributed by atoms with Crippen LogP contribution in [0.3, 0.4) is 0 Å². The average molecular weight is 359 g/mol. The second-order valence-corrected chi connectivity index (χ2v) is 8.33. The molecule has 0 heterocycles. The Balaban J connectivity index is 1.73. The summed E-state index contributed by atoms with van der Waals surface area (Å²) in [6.45, 7) is 5.23. The first-order chi connectivity index (χ1) is 12.0. The van der Waals surface area contributed by atoms with Crippen LogP contribution in [-0.4, -0.2) is 21.0 Å². The number of fused-ring (bicyclic) bond motifs is 1. The van der Waals surface area contributed by atoms with Crippen molar-refractivity contribution in [3.8, 4) is 0 Å². The molecule has 0 amide bonds. The third-order valence-electron chi connectivity index (χ3n) is 4.72. The summed E-state index contributed by atoms with van der Waals surface area (Å²) in [6.07, 6.45) is 3.98. The van der Waals surface area contributed by atoms with Crippen LogP contribution >= 0.6 is 0 Å². The second kappa shape index (κ2) is 7.58. The average Bonchev–Trinajstić information content (AvgIpc) is 3.01. The third kappa shape index (κ3) is 4.22. The summed E-state index contributed by atoms with van der Waals surface area (Å²) in [6, 6.07) is 13.4. The SMILES string of the molecule is CCCNC1Cc2ccc(NS(=O)(=O)c3ccc(CC)cc3)cc2C1. The highest BCUT2D eigenvalue weighted by Crippen LogP contribution is 2.27. The van der Waals surface area contributed by atoms with Crippen molar-refractivity contribution < 1.29 is 8.42 Å². The maximum Gasteiger partial charge on any atom is 0.261 e. The Morgan fingerprint density at radius 3 is 2.40 bits per heavy atom. The van der Waals surface area contributed by atoms with E-state index < -0.39 is 10.0 Å². The summed E-state index contributed by atoms with van der Waals surface area (Å²) in [5.41, 5.74) is 4.30. The first-order valence-electron chi connectivity index (χ1n) is 8.98. The minimum Gasteiger partial charge on any atom is -0.313 e. The van der Waals surface area contributed by atoms with Gasteiger partial charge in [0.1, 0.15) is 0 Å². The molecule has 0 aliphatic heterocycles. The van der Waals surface area contributed by atoms with Crippen LogP contribution in [0.25, 0.3) is 0 Å². The lowest BCUT2D eigenvalue weighted by Crippen LogP contribution is -2.29. The van der Waals surface area contributed by atoms with Gasteiger partial charge in [-0.2, -0.15) is 0 Å². The van der Waals surface area contributed by atoms with Crippen molar-refractivity contribution in [1.29, 1.82) is 0 Å². The Morgan fingerprint density at radius 2 is 1.72 bits per heavy atom. The predicted molar refractivity (Wildman–Crippen MR) is 103 cm³/mol. The van der Waals surface area contributed by atoms with Crippen molar-refractivity contribution in [2.24, 2.45) is 0 Å². The van der Waals surface area contributed by atoms with Crippen LogP contribution < -0.4 is 10.0 Å². The summed E-state index contributed by atoms with van der Waals surface area (Å²) in [5, 5.41) is 3.54. The van der Waals surface area contributed by atoms with Gasteiger partial charge >= 0.3 is 0 Å². The van der Waals surface area contributed by atoms with E-state index in [-0.39, 0.29) is 0 Å². The number of hydrogen-bond donors (Lipinski definition) is 2. The molecule has 1 atom stereocenters. The smallest absolute Gasteiger partial charge is 0.261 e. The van der Waals surface area contributed by atoms with Crippen molar-refractivity contribution in [3.05, 3.63) is 59.2 Å². The molecule has 0 bridgehead atoms. The van der Waals surface area contributed by atoms with Gasteiger partial charge in [0, 0.05) is 11.7 Å². The van der Waals surface area contributed by atoms with E-state index in [0.717, 1.165) is 37.8 Å². The van der Waals surface area contributed by atoms with Gasteiger partial charge in [0.2, 0.25) is 0 Å². The van der Waals surface area contributed by atoms with Crippen molar-refractivity contribution in [3.63, 3.8) is 0 Å². The molecule has 2 aromatic carbocycles. The summed E-state index contributed by atoms with van der Waals surface area (Å²) >= 11 is 0. The van der Waals surface area contributed by atoms with Crippen molar-refractivity contribution in [1.82, 2.24) is 5.32 Å². The largest absolute Gasteiger partial charge is 0.313 e. The molecule has 1 aliphatic carbocycles. The van der Waals surface area contributed by atoms with Gasteiger partial charge in [-0.1, -0.05) is 32.0 Å². The third-order valence-corrected chi connectivity index (χ3v) is 6.11. The molecule has 25 heavy (non-hydrogen) atoms. The molecule has 4 nitrogen and oxygen atoms in total. The Kier molecular flexibility index (Phi) is 5.45. The monoisotopic (exact) mass is 358 g/mol. The van der Waals surface area contributed by atoms with Crippen LogP contribution in [0.15, 0.2) is 47.4 Å². The highest BCUT2D eigenvalue weighted by atomic mass is 32.2. The number of benzene rings is 2. The molecular formula is C20H26N2O2S. The van der Waals surface area contributed by atoms with Gasteiger partial charge < -0.3 is 5.32 Å². The highest BCUT2D eigenvalue weighted by molar-refractivity contribution is 7.92. The molecule has 134 valence electrons. The topological polar surface area (TPSA) is 58.2 Å². The van der Waals surface area contributed by atoms with E-state index >= 15 is 0 Å². The molecule has 0 spiro atoms. The molecule has 1 unspecified atom stereocenters. The predicted octanol–water partition coefficient (Wildman–Crippen LogP) is 3.52. The van der Waals surface area contributed by atoms with E-state index in [1.807, 2.05) is 30.3 Å². The fourth-order valence-corrected chi connectivity index (χ4v) is 4.34. The number of anilines is 1. The van der Waals surface area contributed by atoms with Gasteiger partial charge in [-0.05, 0) is 73.2 Å². The molecular weight excluding hydrogens is 332 g/mol. The van der Waals surface area contributed by atoms with Gasteiger partial charge in [-0.25, -0.2) is 8.42 Å². The fraction of sp³-hybridized carbons (Fsp3) is 0.400. The molecule has 5 heteroatoms. The van der Waals surface area contributed by atoms with E-state index in [4.69, 9.17) is 0 Å². The van der Waals surface area contributed by atoms with Crippen molar-refractivity contribution in [2.75, 3.05) is 11.3 Å². The second-order valence-electron chi connectivity index (χ2n) is 6.65. The number of rotatable bonds is 7. The molecule has 0 fully saturated rings. The molecule has 0 saturated carbocycles. The van der Waals surface area contributed by atoms with E-state index in [2.05, 4.69) is 23.9 Å². The normalized spacial score (nSPS) is 16.6. The van der Waals surface area contributed by atoms with Gasteiger partial charge in [-0.3, -0.25) is 4.72 Å². The molecule has 2 aromatic rings. The van der Waals surface area contributed by atoms with E-state index in [1.165, 1.54) is 11.1 Å². The summed E-state index contributed by atoms with van der Waals surface area (Å²) in [4.78, 5) is 0.299. The van der Waals surface area contributed by atoms with Crippen molar-refractivity contribution >= 4 is 15.7 Å². The summed E-state index contributed by atoms with van der Waals surface area (Å²) in [5.74, 6) is 0. The molecule has 3 rings (SSSR count). The van der Waals surface area contributed by atoms with Gasteiger partial charge in [0.25, 0.3) is 10.0 Å². The molecule has 0 aromatic heterocycles. The fourth-order valence-electron chi connectivity index (χ4n) is 3.29. The maximum atomic E-state index is 12.6. The zero-order valence-corrected chi connectivity index (χ0v) is 15.7. The Labute approximate surface area is 150 Å². The summed E-state index contributed by atoms with van der Waals surface area (Å²) in [7, 11) is -3.55. The van der Waals surface area contributed by atoms with Crippen LogP contribution in [-0.2, 0) is 29.3 Å². The van der Waals surface area contributed by atoms with Crippen LogP contribution in [0, 0.1) is 0 Å². The number of sulfonamides is 1. The lowest BCUT2D eigenvalue weighted by Gasteiger charge is -2.10. The Bertz CT molecular complexity index is 829. The maximum absolute atomic E-state index is 12.6. The number of hydrogen-bond acceptors (Lipinski definition) is 3. The quantitative estimate of drug-likeness (QED) is 0.796. The molecule has 0 radical (unpaired) electrons. The van der Waals surface area contributed by atoms with E-state index in [9.17, 15) is 8.42 Å². The summed E-state index contributed by atoms with van der Waals surface area (Å²) < 4.78 is 27.9. The first-order valence-corrected chi connectivity index (χ1v) is 10.5. The van der Waals surface area contributed by atoms with Crippen LogP contribution in [0.5, 0.6) is 0 Å². The number of nitrogens with one attached hydrogen (secondary N) is 2. The lowest BCUT2D eigenvalue weighted by molar-refractivity contribution is 0.532. The first kappa shape index (κ1) is 18.0. The van der Waals surface area contributed by atoms with Gasteiger partial charge in [-0.15, -0.1) is 0 Å². The molecule has 2 N–H and O–H groups in total. The van der Waals surface area contributed by atoms with Crippen LogP contribution in [0.4, 0.5) is 5.69 Å². The van der Waals surface area contributed by atoms with Gasteiger partial charge in [0.05, 0.1) is 4.90 Å². The standard InChI is InChI=1S/C20H26N2O2S/c1-3-11-21-19-12-16-7-8-18(13-17(16)14-19)22-25(23,24)20-9-5-15(4-2)6-10-20/h5-10,13,19,21-22H,3-4,11-12,14H2,1-2H3. The highest BCUT2D eigenvalue weighted by Gasteiger charge is 2.22. The zero-order valence-electron chi connectivity index (χ0n) is 14.9. The minimum atomic E-state index is -3.55. The number of aryl methyl sites for hydroxylation is 1. The Hall–Kier alpha value is -1.85. The Morgan fingerprint density at radius 1 is 1.00 bits per heavy atom. The van der Waals surface area contributed by atoms with Gasteiger partial charge in [0.15, 0.2) is 0 Å². The zero-order chi connectivity index (χ0) is 17.9. The minimum absolute atomic E-state index is 0.299. The van der Waals surface area contributed by atoms with Crippen molar-refractivity contribution in [2.45, 2.75) is 50.5 Å². The van der Waals surface area contributed by atoms with Crippen LogP contribution in [0.2, 0.25) is 0 Å². The van der Waals surface area contributed by atoms with E-state index in [1.54, 1.807) is 12.1 Å². The lowest BCUT2D eigenvalue weighted by atomic mass is 10.1.